The third-order valence-corrected chi connectivity index (χ3v) is 3.44. The van der Waals surface area contributed by atoms with Crippen molar-refractivity contribution in [2.24, 2.45) is 0 Å². The molecule has 1 aromatic carbocycles. The maximum Gasteiger partial charge on any atom is 0.321 e. The number of hydrogen-bond donors (Lipinski definition) is 2. The molecule has 6 nitrogen and oxygen atoms in total. The zero-order chi connectivity index (χ0) is 15.1. The number of aliphatic hydroxyl groups is 1. The molecule has 0 atom stereocenters. The average Bonchev–Trinajstić information content (AvgIpc) is 2.54. The zero-order valence-electron chi connectivity index (χ0n) is 11.8. The molecule has 1 aliphatic rings. The van der Waals surface area contributed by atoms with Gasteiger partial charge in [0.15, 0.2) is 0 Å². The van der Waals surface area contributed by atoms with E-state index < -0.39 is 0 Å². The number of ether oxygens (including phenoxy) is 1. The highest BCUT2D eigenvalue weighted by molar-refractivity contribution is 5.89. The fraction of sp³-hybridized carbons (Fsp3) is 0.467. The summed E-state index contributed by atoms with van der Waals surface area (Å²) < 4.78 is 5.46. The first kappa shape index (κ1) is 15.3. The fourth-order valence-corrected chi connectivity index (χ4v) is 2.28. The molecule has 0 aromatic heterocycles. The molecule has 2 rings (SSSR count). The van der Waals surface area contributed by atoms with Crippen molar-refractivity contribution in [1.29, 1.82) is 5.26 Å². The molecule has 2 amide bonds. The SMILES string of the molecule is N#Cc1ccc(NC(=O)N2CCC(OCCO)CC2)cc1. The Kier molecular flexibility index (Phi) is 5.55. The van der Waals surface area contributed by atoms with Crippen molar-refractivity contribution in [3.8, 4) is 6.07 Å². The molecule has 21 heavy (non-hydrogen) atoms. The summed E-state index contributed by atoms with van der Waals surface area (Å²) in [5.41, 5.74) is 1.24. The van der Waals surface area contributed by atoms with Gasteiger partial charge in [-0.2, -0.15) is 5.26 Å². The third kappa shape index (κ3) is 4.45. The van der Waals surface area contributed by atoms with Gasteiger partial charge in [-0.05, 0) is 37.1 Å². The number of carbonyl (C=O) groups excluding carboxylic acids is 1. The number of nitrogens with zero attached hydrogens (tertiary/aromatic N) is 2. The van der Waals surface area contributed by atoms with Gasteiger partial charge in [-0.1, -0.05) is 0 Å². The van der Waals surface area contributed by atoms with E-state index in [-0.39, 0.29) is 18.7 Å². The Labute approximate surface area is 123 Å². The summed E-state index contributed by atoms with van der Waals surface area (Å²) in [6, 6.07) is 8.67. The van der Waals surface area contributed by atoms with Crippen LogP contribution < -0.4 is 5.32 Å². The lowest BCUT2D eigenvalue weighted by atomic mass is 10.1. The molecule has 1 aromatic rings. The highest BCUT2D eigenvalue weighted by atomic mass is 16.5. The van der Waals surface area contributed by atoms with E-state index in [1.165, 1.54) is 0 Å². The van der Waals surface area contributed by atoms with Gasteiger partial charge in [-0.3, -0.25) is 0 Å². The van der Waals surface area contributed by atoms with E-state index in [0.717, 1.165) is 12.8 Å². The highest BCUT2D eigenvalue weighted by Gasteiger charge is 2.23. The van der Waals surface area contributed by atoms with E-state index in [0.29, 0.717) is 30.9 Å². The van der Waals surface area contributed by atoms with Crippen molar-refractivity contribution in [3.63, 3.8) is 0 Å². The smallest absolute Gasteiger partial charge is 0.321 e. The number of benzene rings is 1. The number of hydrogen-bond acceptors (Lipinski definition) is 4. The lowest BCUT2D eigenvalue weighted by molar-refractivity contribution is -0.000876. The number of urea groups is 1. The van der Waals surface area contributed by atoms with Crippen LogP contribution >= 0.6 is 0 Å². The van der Waals surface area contributed by atoms with Gasteiger partial charge in [-0.15, -0.1) is 0 Å². The summed E-state index contributed by atoms with van der Waals surface area (Å²) in [5, 5.41) is 20.3. The molecule has 0 unspecified atom stereocenters. The van der Waals surface area contributed by atoms with Crippen LogP contribution in [0.3, 0.4) is 0 Å². The second-order valence-corrected chi connectivity index (χ2v) is 4.90. The summed E-state index contributed by atoms with van der Waals surface area (Å²) in [6.45, 7) is 1.65. The van der Waals surface area contributed by atoms with Crippen LogP contribution in [0.1, 0.15) is 18.4 Å². The number of carbonyl (C=O) groups is 1. The largest absolute Gasteiger partial charge is 0.394 e. The Hall–Kier alpha value is -2.10. The zero-order valence-corrected chi connectivity index (χ0v) is 11.8. The van der Waals surface area contributed by atoms with Crippen LogP contribution in [0.15, 0.2) is 24.3 Å². The average molecular weight is 289 g/mol. The lowest BCUT2D eigenvalue weighted by Gasteiger charge is -2.31. The highest BCUT2D eigenvalue weighted by Crippen LogP contribution is 2.16. The molecular formula is C15H19N3O3. The van der Waals surface area contributed by atoms with E-state index in [2.05, 4.69) is 5.32 Å². The van der Waals surface area contributed by atoms with Crippen LogP contribution in [-0.4, -0.2) is 48.4 Å². The quantitative estimate of drug-likeness (QED) is 0.881. The molecule has 0 spiro atoms. The minimum Gasteiger partial charge on any atom is -0.394 e. The molecular weight excluding hydrogens is 270 g/mol. The summed E-state index contributed by atoms with van der Waals surface area (Å²) in [5.74, 6) is 0. The predicted molar refractivity (Wildman–Crippen MR) is 77.8 cm³/mol. The minimum atomic E-state index is -0.139. The number of rotatable bonds is 4. The van der Waals surface area contributed by atoms with Crippen LogP contribution in [0.5, 0.6) is 0 Å². The van der Waals surface area contributed by atoms with Crippen molar-refractivity contribution in [2.45, 2.75) is 18.9 Å². The molecule has 1 fully saturated rings. The molecule has 0 saturated carbocycles. The predicted octanol–water partition coefficient (Wildman–Crippen LogP) is 1.56. The maximum absolute atomic E-state index is 12.1. The van der Waals surface area contributed by atoms with Crippen LogP contribution in [0.2, 0.25) is 0 Å². The van der Waals surface area contributed by atoms with Gasteiger partial charge in [0.25, 0.3) is 0 Å². The molecule has 1 aliphatic heterocycles. The summed E-state index contributed by atoms with van der Waals surface area (Å²) >= 11 is 0. The van der Waals surface area contributed by atoms with Crippen molar-refractivity contribution in [2.75, 3.05) is 31.6 Å². The van der Waals surface area contributed by atoms with Gasteiger partial charge in [0.1, 0.15) is 0 Å². The Morgan fingerprint density at radius 2 is 2.05 bits per heavy atom. The number of piperidine rings is 1. The maximum atomic E-state index is 12.1. The molecule has 6 heteroatoms. The second kappa shape index (κ2) is 7.62. The fourth-order valence-electron chi connectivity index (χ4n) is 2.28. The van der Waals surface area contributed by atoms with Crippen LogP contribution in [0.4, 0.5) is 10.5 Å². The number of anilines is 1. The topological polar surface area (TPSA) is 85.6 Å². The monoisotopic (exact) mass is 289 g/mol. The van der Waals surface area contributed by atoms with Crippen LogP contribution in [-0.2, 0) is 4.74 Å². The van der Waals surface area contributed by atoms with E-state index in [1.807, 2.05) is 6.07 Å². The second-order valence-electron chi connectivity index (χ2n) is 4.90. The number of likely N-dealkylation sites (tertiary alicyclic amines) is 1. The van der Waals surface area contributed by atoms with Gasteiger partial charge in [0, 0.05) is 18.8 Å². The Morgan fingerprint density at radius 3 is 2.62 bits per heavy atom. The number of aliphatic hydroxyl groups excluding tert-OH is 1. The molecule has 0 radical (unpaired) electrons. The minimum absolute atomic E-state index is 0.0272. The first-order chi connectivity index (χ1) is 10.2. The van der Waals surface area contributed by atoms with Gasteiger partial charge < -0.3 is 20.1 Å². The Balaban J connectivity index is 1.80. The third-order valence-electron chi connectivity index (χ3n) is 3.44. The Bertz CT molecular complexity index is 502. The first-order valence-electron chi connectivity index (χ1n) is 7.01. The molecule has 0 aliphatic carbocycles. The summed E-state index contributed by atoms with van der Waals surface area (Å²) in [7, 11) is 0. The summed E-state index contributed by atoms with van der Waals surface area (Å²) in [6.07, 6.45) is 1.68. The molecule has 1 heterocycles. The van der Waals surface area contributed by atoms with Crippen molar-refractivity contribution < 1.29 is 14.6 Å². The number of amides is 2. The van der Waals surface area contributed by atoms with Crippen molar-refractivity contribution in [3.05, 3.63) is 29.8 Å². The van der Waals surface area contributed by atoms with Crippen molar-refractivity contribution >= 4 is 11.7 Å². The van der Waals surface area contributed by atoms with Crippen LogP contribution in [0.25, 0.3) is 0 Å². The van der Waals surface area contributed by atoms with Gasteiger partial charge in [-0.25, -0.2) is 4.79 Å². The molecule has 0 bridgehead atoms. The van der Waals surface area contributed by atoms with Gasteiger partial charge >= 0.3 is 6.03 Å². The Morgan fingerprint density at radius 1 is 1.38 bits per heavy atom. The number of nitriles is 1. The van der Waals surface area contributed by atoms with Crippen LogP contribution in [0, 0.1) is 11.3 Å². The van der Waals surface area contributed by atoms with Crippen molar-refractivity contribution in [1.82, 2.24) is 4.90 Å². The standard InChI is InChI=1S/C15H19N3O3/c16-11-12-1-3-13(4-2-12)17-15(20)18-7-5-14(6-8-18)21-10-9-19/h1-4,14,19H,5-10H2,(H,17,20). The summed E-state index contributed by atoms with van der Waals surface area (Å²) in [4.78, 5) is 13.9. The molecule has 112 valence electrons. The molecule has 2 N–H and O–H groups in total. The van der Waals surface area contributed by atoms with E-state index in [4.69, 9.17) is 15.1 Å². The number of nitrogens with one attached hydrogen (secondary N) is 1. The lowest BCUT2D eigenvalue weighted by Crippen LogP contribution is -2.43. The van der Waals surface area contributed by atoms with E-state index >= 15 is 0 Å². The van der Waals surface area contributed by atoms with E-state index in [1.54, 1.807) is 29.2 Å². The first-order valence-corrected chi connectivity index (χ1v) is 7.01. The molecule has 1 saturated heterocycles. The van der Waals surface area contributed by atoms with Gasteiger partial charge in [0.05, 0.1) is 31.0 Å². The van der Waals surface area contributed by atoms with E-state index in [9.17, 15) is 4.79 Å². The van der Waals surface area contributed by atoms with Gasteiger partial charge in [0.2, 0.25) is 0 Å². The normalized spacial score (nSPS) is 15.5.